The van der Waals surface area contributed by atoms with Crippen molar-refractivity contribution in [2.24, 2.45) is 5.92 Å². The van der Waals surface area contributed by atoms with Gasteiger partial charge in [0, 0.05) is 29.0 Å². The lowest BCUT2D eigenvalue weighted by Gasteiger charge is -2.38. The molecule has 1 spiro atoms. The van der Waals surface area contributed by atoms with Crippen LogP contribution in [0.25, 0.3) is 0 Å². The lowest BCUT2D eigenvalue weighted by Crippen LogP contribution is -2.53. The van der Waals surface area contributed by atoms with Crippen molar-refractivity contribution in [3.05, 3.63) is 118 Å². The second-order valence-electron chi connectivity index (χ2n) is 10.6. The number of hydrogen-bond donors (Lipinski definition) is 1. The van der Waals surface area contributed by atoms with Gasteiger partial charge in [0.2, 0.25) is 0 Å². The number of phenols is 1. The van der Waals surface area contributed by atoms with Gasteiger partial charge in [-0.2, -0.15) is 0 Å². The van der Waals surface area contributed by atoms with Crippen molar-refractivity contribution < 1.29 is 23.9 Å². The van der Waals surface area contributed by atoms with Crippen LogP contribution in [0.5, 0.6) is 5.75 Å². The Labute approximate surface area is 234 Å². The topological polar surface area (TPSA) is 77.9 Å². The number of anilines is 1. The van der Waals surface area contributed by atoms with E-state index in [1.54, 1.807) is 47.8 Å². The summed E-state index contributed by atoms with van der Waals surface area (Å²) in [5.41, 5.74) is 0.985. The van der Waals surface area contributed by atoms with E-state index < -0.39 is 29.1 Å². The molecule has 2 saturated heterocycles. The molecule has 4 heterocycles. The molecule has 0 aliphatic carbocycles. The Kier molecular flexibility index (Phi) is 5.73. The number of para-hydroxylation sites is 1. The lowest BCUT2D eigenvalue weighted by atomic mass is 9.68. The molecule has 40 heavy (non-hydrogen) atoms. The first-order chi connectivity index (χ1) is 19.4. The maximum absolute atomic E-state index is 14.9. The number of hydrogen-bond acceptors (Lipinski definition) is 6. The molecule has 7 rings (SSSR count). The number of aromatic hydroxyl groups is 1. The Morgan fingerprint density at radius 3 is 2.42 bits per heavy atom. The zero-order valence-corrected chi connectivity index (χ0v) is 22.2. The molecular weight excluding hydrogens is 527 g/mol. The van der Waals surface area contributed by atoms with Gasteiger partial charge in [-0.15, -0.1) is 11.3 Å². The van der Waals surface area contributed by atoms with E-state index in [1.165, 1.54) is 40.5 Å². The highest BCUT2D eigenvalue weighted by Gasteiger charge is 2.70. The molecule has 2 amide bonds. The van der Waals surface area contributed by atoms with Gasteiger partial charge in [-0.1, -0.05) is 36.4 Å². The summed E-state index contributed by atoms with van der Waals surface area (Å²) in [6, 6.07) is 22.7. The number of amides is 2. The Bertz CT molecular complexity index is 1640. The number of phenolic OH excluding ortho intramolecular Hbond substituents is 1. The molecule has 3 aliphatic rings. The predicted octanol–water partition coefficient (Wildman–Crippen LogP) is 5.74. The maximum atomic E-state index is 14.9. The standard InChI is InChI=1S/C32H25FN2O4S/c33-21-13-9-19(10-14-21)28-27(29(37)20-11-15-22(36)16-12-20)25-7-3-17-34(25)32(28)23-5-1-2-6-24(23)35(31(32)39)30(38)26-8-4-18-40-26/h1-2,4-6,8-16,18,25,27-28,36H,3,7,17H2/t25-,27+,28-,32+/m0/s1. The number of carbonyl (C=O) groups is 3. The van der Waals surface area contributed by atoms with Crippen molar-refractivity contribution in [2.75, 3.05) is 11.4 Å². The first kappa shape index (κ1) is 24.9. The van der Waals surface area contributed by atoms with Crippen LogP contribution in [0.4, 0.5) is 10.1 Å². The predicted molar refractivity (Wildman–Crippen MR) is 149 cm³/mol. The molecule has 0 unspecified atom stereocenters. The average Bonchev–Trinajstić information content (AvgIpc) is 3.75. The lowest BCUT2D eigenvalue weighted by molar-refractivity contribution is -0.128. The van der Waals surface area contributed by atoms with Crippen LogP contribution in [-0.4, -0.2) is 40.2 Å². The molecule has 8 heteroatoms. The van der Waals surface area contributed by atoms with Gasteiger partial charge in [-0.25, -0.2) is 9.29 Å². The molecule has 6 nitrogen and oxygen atoms in total. The van der Waals surface area contributed by atoms with Gasteiger partial charge in [-0.05, 0) is 78.9 Å². The molecule has 0 saturated carbocycles. The van der Waals surface area contributed by atoms with Crippen LogP contribution in [0, 0.1) is 11.7 Å². The summed E-state index contributed by atoms with van der Waals surface area (Å²) in [7, 11) is 0. The third-order valence-corrected chi connectivity index (χ3v) is 9.54. The van der Waals surface area contributed by atoms with Gasteiger partial charge >= 0.3 is 0 Å². The fourth-order valence-corrected chi connectivity index (χ4v) is 7.86. The minimum absolute atomic E-state index is 0.0552. The second-order valence-corrected chi connectivity index (χ2v) is 11.5. The van der Waals surface area contributed by atoms with Crippen LogP contribution in [0.1, 0.15) is 49.9 Å². The van der Waals surface area contributed by atoms with E-state index in [9.17, 15) is 23.9 Å². The minimum atomic E-state index is -1.32. The molecule has 0 bridgehead atoms. The normalized spacial score (nSPS) is 25.4. The molecule has 2 fully saturated rings. The number of rotatable bonds is 4. The Morgan fingerprint density at radius 1 is 0.950 bits per heavy atom. The van der Waals surface area contributed by atoms with Crippen LogP contribution in [0.3, 0.4) is 0 Å². The van der Waals surface area contributed by atoms with Crippen molar-refractivity contribution >= 4 is 34.6 Å². The molecule has 200 valence electrons. The molecule has 3 aliphatic heterocycles. The third-order valence-electron chi connectivity index (χ3n) is 8.68. The number of imide groups is 1. The SMILES string of the molecule is O=C(c1ccc(O)cc1)[C@@H]1[C@@H]2CCCN2[C@@]2(C(=O)N(C(=O)c3cccs3)c3ccccc32)[C@H]1c1ccc(F)cc1. The number of Topliss-reactive ketones (excluding diaryl/α,β-unsaturated/α-hetero) is 1. The summed E-state index contributed by atoms with van der Waals surface area (Å²) < 4.78 is 14.2. The highest BCUT2D eigenvalue weighted by atomic mass is 32.1. The zero-order chi connectivity index (χ0) is 27.6. The molecular formula is C32H25FN2O4S. The van der Waals surface area contributed by atoms with Crippen LogP contribution in [0.15, 0.2) is 90.3 Å². The number of carbonyl (C=O) groups excluding carboxylic acids is 3. The number of ketones is 1. The van der Waals surface area contributed by atoms with E-state index in [4.69, 9.17) is 0 Å². The summed E-state index contributed by atoms with van der Waals surface area (Å²) in [4.78, 5) is 46.9. The van der Waals surface area contributed by atoms with Crippen molar-refractivity contribution in [3.8, 4) is 5.75 Å². The van der Waals surface area contributed by atoms with E-state index in [2.05, 4.69) is 4.90 Å². The number of benzene rings is 3. The quantitative estimate of drug-likeness (QED) is 0.258. The fraction of sp³-hybridized carbons (Fsp3) is 0.219. The largest absolute Gasteiger partial charge is 0.508 e. The third kappa shape index (κ3) is 3.39. The first-order valence-electron chi connectivity index (χ1n) is 13.3. The van der Waals surface area contributed by atoms with Crippen molar-refractivity contribution in [3.63, 3.8) is 0 Å². The molecule has 1 aromatic heterocycles. The van der Waals surface area contributed by atoms with Crippen molar-refractivity contribution in [2.45, 2.75) is 30.3 Å². The van der Waals surface area contributed by atoms with Gasteiger partial charge in [0.1, 0.15) is 17.1 Å². The average molecular weight is 553 g/mol. The van der Waals surface area contributed by atoms with Gasteiger partial charge < -0.3 is 5.11 Å². The van der Waals surface area contributed by atoms with Gasteiger partial charge in [0.15, 0.2) is 5.78 Å². The van der Waals surface area contributed by atoms with Gasteiger partial charge in [-0.3, -0.25) is 19.3 Å². The minimum Gasteiger partial charge on any atom is -0.508 e. The van der Waals surface area contributed by atoms with Crippen molar-refractivity contribution in [1.29, 1.82) is 0 Å². The van der Waals surface area contributed by atoms with Crippen LogP contribution in [0.2, 0.25) is 0 Å². The summed E-state index contributed by atoms with van der Waals surface area (Å²) in [5.74, 6) is -2.58. The van der Waals surface area contributed by atoms with Gasteiger partial charge in [0.25, 0.3) is 11.8 Å². The van der Waals surface area contributed by atoms with E-state index >= 15 is 0 Å². The molecule has 0 radical (unpaired) electrons. The van der Waals surface area contributed by atoms with Crippen LogP contribution >= 0.6 is 11.3 Å². The summed E-state index contributed by atoms with van der Waals surface area (Å²) in [5, 5.41) is 11.6. The number of fused-ring (bicyclic) bond motifs is 4. The summed E-state index contributed by atoms with van der Waals surface area (Å²) >= 11 is 1.27. The molecule has 4 atom stereocenters. The molecule has 3 aromatic carbocycles. The first-order valence-corrected chi connectivity index (χ1v) is 14.2. The van der Waals surface area contributed by atoms with E-state index in [1.807, 2.05) is 18.2 Å². The number of nitrogens with zero attached hydrogens (tertiary/aromatic N) is 2. The maximum Gasteiger partial charge on any atom is 0.275 e. The summed E-state index contributed by atoms with van der Waals surface area (Å²) in [6.07, 6.45) is 1.51. The van der Waals surface area contributed by atoms with Crippen molar-refractivity contribution in [1.82, 2.24) is 4.90 Å². The van der Waals surface area contributed by atoms with E-state index in [0.717, 1.165) is 6.42 Å². The second kappa shape index (κ2) is 9.21. The monoisotopic (exact) mass is 552 g/mol. The fourth-order valence-electron chi connectivity index (χ4n) is 7.20. The number of thiophene rings is 1. The van der Waals surface area contributed by atoms with E-state index in [-0.39, 0.29) is 23.5 Å². The Balaban J connectivity index is 1.47. The van der Waals surface area contributed by atoms with Gasteiger partial charge in [0.05, 0.1) is 10.6 Å². The van der Waals surface area contributed by atoms with Crippen LogP contribution in [-0.2, 0) is 10.3 Å². The molecule has 1 N–H and O–H groups in total. The zero-order valence-electron chi connectivity index (χ0n) is 21.4. The number of halogens is 1. The smallest absolute Gasteiger partial charge is 0.275 e. The van der Waals surface area contributed by atoms with E-state index in [0.29, 0.717) is 40.2 Å². The Morgan fingerprint density at radius 2 is 1.70 bits per heavy atom. The highest BCUT2D eigenvalue weighted by Crippen LogP contribution is 2.63. The van der Waals surface area contributed by atoms with Crippen LogP contribution < -0.4 is 4.90 Å². The molecule has 4 aromatic rings. The summed E-state index contributed by atoms with van der Waals surface area (Å²) in [6.45, 7) is 0.586. The highest BCUT2D eigenvalue weighted by molar-refractivity contribution is 7.12. The Hall–Kier alpha value is -4.14.